The molecule has 0 saturated carbocycles. The molecule has 0 bridgehead atoms. The van der Waals surface area contributed by atoms with Crippen LogP contribution in [-0.2, 0) is 11.2 Å². The number of para-hydroxylation sites is 1. The first-order valence-electron chi connectivity index (χ1n) is 6.27. The first kappa shape index (κ1) is 15.0. The summed E-state index contributed by atoms with van der Waals surface area (Å²) in [7, 11) is 0. The number of anilines is 2. The minimum absolute atomic E-state index is 0.147. The minimum atomic E-state index is -0.948. The highest BCUT2D eigenvalue weighted by molar-refractivity contribution is 7.15. The highest BCUT2D eigenvalue weighted by Gasteiger charge is 2.11. The Morgan fingerprint density at radius 1 is 1.24 bits per heavy atom. The third kappa shape index (κ3) is 4.03. The van der Waals surface area contributed by atoms with Gasteiger partial charge in [-0.3, -0.25) is 10.1 Å². The lowest BCUT2D eigenvalue weighted by Gasteiger charge is -2.09. The Morgan fingerprint density at radius 2 is 1.95 bits per heavy atom. The second kappa shape index (κ2) is 6.36. The molecule has 0 radical (unpaired) electrons. The van der Waals surface area contributed by atoms with E-state index in [-0.39, 0.29) is 6.42 Å². The first-order chi connectivity index (χ1) is 9.95. The van der Waals surface area contributed by atoms with Gasteiger partial charge in [0.15, 0.2) is 5.13 Å². The molecule has 1 aromatic heterocycles. The zero-order valence-corrected chi connectivity index (χ0v) is 12.5. The zero-order chi connectivity index (χ0) is 15.4. The van der Waals surface area contributed by atoms with Crippen molar-refractivity contribution in [1.29, 1.82) is 0 Å². The van der Waals surface area contributed by atoms with Gasteiger partial charge in [0.25, 0.3) is 0 Å². The van der Waals surface area contributed by atoms with Crippen molar-refractivity contribution in [2.45, 2.75) is 20.3 Å². The van der Waals surface area contributed by atoms with Crippen LogP contribution >= 0.6 is 11.3 Å². The number of aliphatic carboxylic acids is 1. The average Bonchev–Trinajstić information content (AvgIpc) is 2.70. The number of carboxylic acids is 1. The number of nitrogens with one attached hydrogen (secondary N) is 2. The van der Waals surface area contributed by atoms with Gasteiger partial charge in [0.05, 0.1) is 12.1 Å². The smallest absolute Gasteiger partial charge is 0.325 e. The van der Waals surface area contributed by atoms with E-state index in [0.717, 1.165) is 10.6 Å². The van der Waals surface area contributed by atoms with E-state index in [1.165, 1.54) is 11.3 Å². The maximum Gasteiger partial charge on any atom is 0.325 e. The van der Waals surface area contributed by atoms with Crippen molar-refractivity contribution >= 4 is 34.2 Å². The summed E-state index contributed by atoms with van der Waals surface area (Å²) in [6, 6.07) is 6.35. The molecule has 2 rings (SSSR count). The number of thiazole rings is 1. The average molecular weight is 305 g/mol. The summed E-state index contributed by atoms with van der Waals surface area (Å²) in [5.74, 6) is -0.948. The monoisotopic (exact) mass is 305 g/mol. The molecule has 7 heteroatoms. The van der Waals surface area contributed by atoms with Gasteiger partial charge in [0.1, 0.15) is 0 Å². The molecule has 0 aliphatic heterocycles. The Balaban J connectivity index is 2.07. The Kier molecular flexibility index (Phi) is 4.54. The summed E-state index contributed by atoms with van der Waals surface area (Å²) in [5.41, 5.74) is 1.90. The number of benzene rings is 1. The number of rotatable bonds is 4. The predicted octanol–water partition coefficient (Wildman–Crippen LogP) is 3.03. The molecule has 2 amide bonds. The third-order valence-corrected chi connectivity index (χ3v) is 3.84. The normalized spacial score (nSPS) is 10.2. The van der Waals surface area contributed by atoms with Gasteiger partial charge in [0.2, 0.25) is 0 Å². The zero-order valence-electron chi connectivity index (χ0n) is 11.6. The number of amides is 2. The van der Waals surface area contributed by atoms with E-state index in [1.54, 1.807) is 24.3 Å². The number of carbonyl (C=O) groups excluding carboxylic acids is 1. The third-order valence-electron chi connectivity index (χ3n) is 2.86. The van der Waals surface area contributed by atoms with E-state index in [1.807, 2.05) is 13.8 Å². The summed E-state index contributed by atoms with van der Waals surface area (Å²) >= 11 is 1.39. The summed E-state index contributed by atoms with van der Waals surface area (Å²) in [4.78, 5) is 28.0. The lowest BCUT2D eigenvalue weighted by molar-refractivity contribution is -0.136. The molecule has 1 aromatic carbocycles. The van der Waals surface area contributed by atoms with E-state index in [9.17, 15) is 9.59 Å². The molecule has 110 valence electrons. The Bertz CT molecular complexity index is 662. The van der Waals surface area contributed by atoms with Crippen molar-refractivity contribution < 1.29 is 14.7 Å². The van der Waals surface area contributed by atoms with E-state index >= 15 is 0 Å². The molecule has 6 nitrogen and oxygen atoms in total. The number of aromatic nitrogens is 1. The van der Waals surface area contributed by atoms with Crippen molar-refractivity contribution in [3.05, 3.63) is 40.4 Å². The van der Waals surface area contributed by atoms with Crippen molar-refractivity contribution in [2.75, 3.05) is 10.6 Å². The Morgan fingerprint density at radius 3 is 2.57 bits per heavy atom. The maximum atomic E-state index is 11.9. The number of hydrogen-bond donors (Lipinski definition) is 3. The lowest BCUT2D eigenvalue weighted by Crippen LogP contribution is -2.20. The highest BCUT2D eigenvalue weighted by atomic mass is 32.1. The number of aryl methyl sites for hydroxylation is 2. The lowest BCUT2D eigenvalue weighted by atomic mass is 10.1. The van der Waals surface area contributed by atoms with Gasteiger partial charge in [-0.25, -0.2) is 9.78 Å². The van der Waals surface area contributed by atoms with Gasteiger partial charge < -0.3 is 10.4 Å². The van der Waals surface area contributed by atoms with E-state index in [4.69, 9.17) is 5.11 Å². The van der Waals surface area contributed by atoms with Crippen LogP contribution in [0.5, 0.6) is 0 Å². The fourth-order valence-electron chi connectivity index (χ4n) is 1.74. The van der Waals surface area contributed by atoms with Crippen LogP contribution in [0, 0.1) is 13.8 Å². The van der Waals surface area contributed by atoms with E-state index in [0.29, 0.717) is 16.4 Å². The van der Waals surface area contributed by atoms with E-state index < -0.39 is 12.0 Å². The van der Waals surface area contributed by atoms with Crippen LogP contribution in [0.4, 0.5) is 15.6 Å². The molecule has 0 saturated heterocycles. The first-order valence-corrected chi connectivity index (χ1v) is 7.09. The van der Waals surface area contributed by atoms with Gasteiger partial charge in [-0.2, -0.15) is 0 Å². The van der Waals surface area contributed by atoms with Crippen molar-refractivity contribution in [3.8, 4) is 0 Å². The topological polar surface area (TPSA) is 91.3 Å². The van der Waals surface area contributed by atoms with Crippen molar-refractivity contribution in [3.63, 3.8) is 0 Å². The van der Waals surface area contributed by atoms with Gasteiger partial charge in [-0.1, -0.05) is 18.2 Å². The Labute approximate surface area is 125 Å². The molecule has 0 fully saturated rings. The number of urea groups is 1. The van der Waals surface area contributed by atoms with Crippen molar-refractivity contribution in [1.82, 2.24) is 4.98 Å². The van der Waals surface area contributed by atoms with Gasteiger partial charge >= 0.3 is 12.0 Å². The standard InChI is InChI=1S/C14H15N3O3S/c1-8-9(2)21-14(15-8)17-13(20)16-11-6-4-3-5-10(11)7-12(18)19/h3-6H,7H2,1-2H3,(H,18,19)(H2,15,16,17,20). The molecular weight excluding hydrogens is 290 g/mol. The molecule has 0 spiro atoms. The SMILES string of the molecule is Cc1nc(NC(=O)Nc2ccccc2CC(=O)O)sc1C. The van der Waals surface area contributed by atoms with Crippen LogP contribution in [0.25, 0.3) is 0 Å². The fraction of sp³-hybridized carbons (Fsp3) is 0.214. The largest absolute Gasteiger partial charge is 0.481 e. The maximum absolute atomic E-state index is 11.9. The molecule has 1 heterocycles. The molecule has 3 N–H and O–H groups in total. The van der Waals surface area contributed by atoms with Crippen LogP contribution < -0.4 is 10.6 Å². The molecular formula is C14H15N3O3S. The molecule has 2 aromatic rings. The van der Waals surface area contributed by atoms with E-state index in [2.05, 4.69) is 15.6 Å². The summed E-state index contributed by atoms with van der Waals surface area (Å²) in [6.45, 7) is 3.80. The molecule has 0 aliphatic carbocycles. The predicted molar refractivity (Wildman–Crippen MR) is 82.0 cm³/mol. The number of hydrogen-bond acceptors (Lipinski definition) is 4. The number of carboxylic acid groups (broad SMARTS) is 1. The second-order valence-electron chi connectivity index (χ2n) is 4.47. The van der Waals surface area contributed by atoms with Gasteiger partial charge in [0, 0.05) is 10.6 Å². The summed E-state index contributed by atoms with van der Waals surface area (Å²) in [6.07, 6.45) is -0.147. The van der Waals surface area contributed by atoms with Crippen LogP contribution in [0.3, 0.4) is 0 Å². The van der Waals surface area contributed by atoms with Gasteiger partial charge in [-0.15, -0.1) is 11.3 Å². The van der Waals surface area contributed by atoms with Crippen LogP contribution in [0.15, 0.2) is 24.3 Å². The molecule has 21 heavy (non-hydrogen) atoms. The summed E-state index contributed by atoms with van der Waals surface area (Å²) < 4.78 is 0. The summed E-state index contributed by atoms with van der Waals surface area (Å²) in [5, 5.41) is 14.7. The second-order valence-corrected chi connectivity index (χ2v) is 5.67. The van der Waals surface area contributed by atoms with Gasteiger partial charge in [-0.05, 0) is 25.5 Å². The molecule has 0 atom stereocenters. The molecule has 0 aliphatic rings. The quantitative estimate of drug-likeness (QED) is 0.809. The molecule has 0 unspecified atom stereocenters. The van der Waals surface area contributed by atoms with Crippen molar-refractivity contribution in [2.24, 2.45) is 0 Å². The number of carbonyl (C=O) groups is 2. The fourth-order valence-corrected chi connectivity index (χ4v) is 2.55. The Hall–Kier alpha value is -2.41. The van der Waals surface area contributed by atoms with Crippen LogP contribution in [0.2, 0.25) is 0 Å². The number of nitrogens with zero attached hydrogens (tertiary/aromatic N) is 1. The highest BCUT2D eigenvalue weighted by Crippen LogP contribution is 2.22. The van der Waals surface area contributed by atoms with Crippen LogP contribution in [-0.4, -0.2) is 22.1 Å². The van der Waals surface area contributed by atoms with Crippen LogP contribution in [0.1, 0.15) is 16.1 Å². The minimum Gasteiger partial charge on any atom is -0.481 e.